The van der Waals surface area contributed by atoms with Gasteiger partial charge in [-0.2, -0.15) is 0 Å². The van der Waals surface area contributed by atoms with Gasteiger partial charge >= 0.3 is 0 Å². The van der Waals surface area contributed by atoms with Crippen LogP contribution in [0.3, 0.4) is 0 Å². The maximum atomic E-state index is 12.9. The van der Waals surface area contributed by atoms with Gasteiger partial charge in [0.15, 0.2) is 0 Å². The van der Waals surface area contributed by atoms with E-state index in [0.717, 1.165) is 12.3 Å². The van der Waals surface area contributed by atoms with E-state index in [9.17, 15) is 4.79 Å². The molecule has 0 N–H and O–H groups in total. The first-order chi connectivity index (χ1) is 9.75. The van der Waals surface area contributed by atoms with Crippen LogP contribution in [0.5, 0.6) is 0 Å². The Morgan fingerprint density at radius 1 is 1.24 bits per heavy atom. The van der Waals surface area contributed by atoms with Crippen LogP contribution in [0.4, 0.5) is 0 Å². The van der Waals surface area contributed by atoms with Crippen LogP contribution in [0.2, 0.25) is 0 Å². The first-order valence-corrected chi connectivity index (χ1v) is 8.73. The monoisotopic (exact) mass is 293 g/mol. The highest BCUT2D eigenvalue weighted by Crippen LogP contribution is 2.51. The highest BCUT2D eigenvalue weighted by Gasteiger charge is 2.60. The van der Waals surface area contributed by atoms with Gasteiger partial charge in [-0.15, -0.1) is 0 Å². The van der Waals surface area contributed by atoms with E-state index < -0.39 is 0 Å². The van der Waals surface area contributed by atoms with Crippen LogP contribution in [0.15, 0.2) is 0 Å². The van der Waals surface area contributed by atoms with Gasteiger partial charge in [-0.05, 0) is 38.5 Å². The van der Waals surface area contributed by atoms with E-state index in [0.29, 0.717) is 29.8 Å². The van der Waals surface area contributed by atoms with Crippen molar-refractivity contribution in [3.05, 3.63) is 0 Å². The number of nitrogens with zero attached hydrogens (tertiary/aromatic N) is 1. The summed E-state index contributed by atoms with van der Waals surface area (Å²) in [6.07, 6.45) is 3.95. The van der Waals surface area contributed by atoms with Gasteiger partial charge in [-0.1, -0.05) is 34.1 Å². The Morgan fingerprint density at radius 3 is 2.52 bits per heavy atom. The lowest BCUT2D eigenvalue weighted by Crippen LogP contribution is -2.64. The Labute approximate surface area is 129 Å². The predicted molar refractivity (Wildman–Crippen MR) is 83.6 cm³/mol. The van der Waals surface area contributed by atoms with E-state index >= 15 is 0 Å². The highest BCUT2D eigenvalue weighted by atomic mass is 16.5. The SMILES string of the molecule is CC(C)[C@@H]1[C@H](C)C(=O)N2[C@H]1O[C@@H]1C[C@H](C)CC[C@H]1C2(C)C. The van der Waals surface area contributed by atoms with Gasteiger partial charge in [0.2, 0.25) is 5.91 Å². The fourth-order valence-corrected chi connectivity index (χ4v) is 5.24. The normalized spacial score (nSPS) is 45.7. The lowest BCUT2D eigenvalue weighted by atomic mass is 9.69. The van der Waals surface area contributed by atoms with Crippen molar-refractivity contribution in [3.8, 4) is 0 Å². The van der Waals surface area contributed by atoms with Crippen molar-refractivity contribution in [1.29, 1.82) is 0 Å². The molecule has 3 heteroatoms. The highest BCUT2D eigenvalue weighted by molar-refractivity contribution is 5.82. The number of fused-ring (bicyclic) bond motifs is 2. The van der Waals surface area contributed by atoms with Crippen molar-refractivity contribution in [3.63, 3.8) is 0 Å². The summed E-state index contributed by atoms with van der Waals surface area (Å²) in [5.74, 6) is 2.45. The second kappa shape index (κ2) is 4.97. The third kappa shape index (κ3) is 2.15. The van der Waals surface area contributed by atoms with Gasteiger partial charge in [-0.25, -0.2) is 0 Å². The van der Waals surface area contributed by atoms with Crippen LogP contribution in [-0.4, -0.2) is 28.7 Å². The van der Waals surface area contributed by atoms with Gasteiger partial charge in [0.1, 0.15) is 6.23 Å². The average molecular weight is 293 g/mol. The molecule has 1 saturated carbocycles. The first kappa shape index (κ1) is 15.3. The minimum atomic E-state index is -0.0668. The summed E-state index contributed by atoms with van der Waals surface area (Å²) < 4.78 is 6.54. The van der Waals surface area contributed by atoms with Gasteiger partial charge in [0, 0.05) is 23.3 Å². The van der Waals surface area contributed by atoms with Crippen molar-refractivity contribution in [2.24, 2.45) is 29.6 Å². The Morgan fingerprint density at radius 2 is 1.90 bits per heavy atom. The fraction of sp³-hybridized carbons (Fsp3) is 0.944. The van der Waals surface area contributed by atoms with E-state index in [1.165, 1.54) is 12.8 Å². The molecule has 120 valence electrons. The minimum Gasteiger partial charge on any atom is -0.354 e. The summed E-state index contributed by atoms with van der Waals surface area (Å²) in [6.45, 7) is 13.4. The smallest absolute Gasteiger partial charge is 0.228 e. The van der Waals surface area contributed by atoms with Crippen LogP contribution < -0.4 is 0 Å². The standard InChI is InChI=1S/C18H31NO2/c1-10(2)15-12(4)16(20)19-17(15)21-14-9-11(3)7-8-13(14)18(19,5)6/h10-15,17H,7-9H2,1-6H3/t11-,12+,13-,14-,15-,17+/m1/s1. The van der Waals surface area contributed by atoms with Crippen LogP contribution in [-0.2, 0) is 9.53 Å². The number of ether oxygens (including phenoxy) is 1. The molecule has 1 aliphatic carbocycles. The zero-order valence-corrected chi connectivity index (χ0v) is 14.4. The lowest BCUT2D eigenvalue weighted by molar-refractivity contribution is -0.230. The summed E-state index contributed by atoms with van der Waals surface area (Å²) in [5, 5.41) is 0. The molecule has 0 bridgehead atoms. The third-order valence-electron chi connectivity index (χ3n) is 6.45. The molecule has 1 amide bonds. The third-order valence-corrected chi connectivity index (χ3v) is 6.45. The molecule has 2 saturated heterocycles. The maximum Gasteiger partial charge on any atom is 0.228 e. The molecule has 0 aromatic carbocycles. The molecular formula is C18H31NO2. The molecule has 3 fully saturated rings. The van der Waals surface area contributed by atoms with Crippen LogP contribution >= 0.6 is 0 Å². The predicted octanol–water partition coefficient (Wildman–Crippen LogP) is 3.68. The van der Waals surface area contributed by atoms with Crippen molar-refractivity contribution in [2.75, 3.05) is 0 Å². The summed E-state index contributed by atoms with van der Waals surface area (Å²) in [5.41, 5.74) is -0.0668. The van der Waals surface area contributed by atoms with Crippen molar-refractivity contribution >= 4 is 5.91 Å². The average Bonchev–Trinajstić information content (AvgIpc) is 2.61. The number of carbonyl (C=O) groups excluding carboxylic acids is 1. The maximum absolute atomic E-state index is 12.9. The van der Waals surface area contributed by atoms with Crippen molar-refractivity contribution in [1.82, 2.24) is 4.90 Å². The topological polar surface area (TPSA) is 29.5 Å². The van der Waals surface area contributed by atoms with Crippen LogP contribution in [0.25, 0.3) is 0 Å². The molecule has 21 heavy (non-hydrogen) atoms. The largest absolute Gasteiger partial charge is 0.354 e. The molecule has 0 aromatic heterocycles. The van der Waals surface area contributed by atoms with Crippen molar-refractivity contribution in [2.45, 2.75) is 78.7 Å². The second-order valence-electron chi connectivity index (χ2n) is 8.56. The summed E-state index contributed by atoms with van der Waals surface area (Å²) in [6, 6.07) is 0. The molecule has 0 aromatic rings. The quantitative estimate of drug-likeness (QED) is 0.738. The zero-order valence-electron chi connectivity index (χ0n) is 14.4. The Hall–Kier alpha value is -0.570. The molecule has 3 aliphatic rings. The molecule has 0 radical (unpaired) electrons. The van der Waals surface area contributed by atoms with E-state index in [2.05, 4.69) is 46.4 Å². The number of amides is 1. The molecule has 6 atom stereocenters. The van der Waals surface area contributed by atoms with Crippen LogP contribution in [0, 0.1) is 29.6 Å². The van der Waals surface area contributed by atoms with Gasteiger partial charge < -0.3 is 9.64 Å². The van der Waals surface area contributed by atoms with E-state index in [-0.39, 0.29) is 17.7 Å². The van der Waals surface area contributed by atoms with Gasteiger partial charge in [-0.3, -0.25) is 4.79 Å². The minimum absolute atomic E-state index is 0.00551. The Bertz CT molecular complexity index is 431. The van der Waals surface area contributed by atoms with Gasteiger partial charge in [0.25, 0.3) is 0 Å². The Balaban J connectivity index is 1.96. The molecule has 0 spiro atoms. The molecular weight excluding hydrogens is 262 g/mol. The second-order valence-corrected chi connectivity index (χ2v) is 8.56. The fourth-order valence-electron chi connectivity index (χ4n) is 5.24. The summed E-state index contributed by atoms with van der Waals surface area (Å²) >= 11 is 0. The number of rotatable bonds is 1. The number of hydrogen-bond acceptors (Lipinski definition) is 2. The van der Waals surface area contributed by atoms with E-state index in [1.54, 1.807) is 0 Å². The molecule has 3 rings (SSSR count). The van der Waals surface area contributed by atoms with Crippen molar-refractivity contribution < 1.29 is 9.53 Å². The number of hydrogen-bond donors (Lipinski definition) is 0. The molecule has 0 unspecified atom stereocenters. The van der Waals surface area contributed by atoms with Crippen LogP contribution in [0.1, 0.15) is 60.8 Å². The summed E-state index contributed by atoms with van der Waals surface area (Å²) in [7, 11) is 0. The van der Waals surface area contributed by atoms with Gasteiger partial charge in [0.05, 0.1) is 6.10 Å². The Kier molecular flexibility index (Phi) is 3.63. The zero-order chi connectivity index (χ0) is 15.5. The van der Waals surface area contributed by atoms with E-state index in [4.69, 9.17) is 4.74 Å². The molecule has 2 aliphatic heterocycles. The molecule has 3 nitrogen and oxygen atoms in total. The number of carbonyl (C=O) groups is 1. The molecule has 2 heterocycles. The summed E-state index contributed by atoms with van der Waals surface area (Å²) in [4.78, 5) is 15.0. The lowest BCUT2D eigenvalue weighted by Gasteiger charge is -2.56. The van der Waals surface area contributed by atoms with E-state index in [1.807, 2.05) is 0 Å². The first-order valence-electron chi connectivity index (χ1n) is 8.73.